The summed E-state index contributed by atoms with van der Waals surface area (Å²) in [7, 11) is 1.47. The smallest absolute Gasteiger partial charge is 0.256 e. The van der Waals surface area contributed by atoms with E-state index in [0.29, 0.717) is 21.5 Å². The normalized spacial score (nSPS) is 10.0. The summed E-state index contributed by atoms with van der Waals surface area (Å²) >= 11 is 3.32. The number of halogens is 1. The van der Waals surface area contributed by atoms with Gasteiger partial charge in [-0.2, -0.15) is 0 Å². The second-order valence-electron chi connectivity index (χ2n) is 3.82. The summed E-state index contributed by atoms with van der Waals surface area (Å²) < 4.78 is 5.65. The summed E-state index contributed by atoms with van der Waals surface area (Å²) in [4.78, 5) is 12.0. The number of hydrogen-bond acceptors (Lipinski definition) is 3. The van der Waals surface area contributed by atoms with Gasteiger partial charge in [0.25, 0.3) is 5.91 Å². The lowest BCUT2D eigenvalue weighted by Crippen LogP contribution is -2.12. The van der Waals surface area contributed by atoms with Crippen LogP contribution in [0, 0.1) is 0 Å². The number of ether oxygens (including phenoxy) is 1. The molecule has 0 saturated heterocycles. The summed E-state index contributed by atoms with van der Waals surface area (Å²) in [5.41, 5.74) is 1.02. The minimum absolute atomic E-state index is 0.0209. The van der Waals surface area contributed by atoms with Crippen LogP contribution in [0.25, 0.3) is 0 Å². The monoisotopic (exact) mass is 321 g/mol. The fourth-order valence-electron chi connectivity index (χ4n) is 1.61. The van der Waals surface area contributed by atoms with Gasteiger partial charge in [0.1, 0.15) is 0 Å². The Balaban J connectivity index is 2.20. The topological polar surface area (TPSA) is 58.6 Å². The summed E-state index contributed by atoms with van der Waals surface area (Å²) in [5.74, 6) is 0.0864. The van der Waals surface area contributed by atoms with E-state index in [1.54, 1.807) is 30.3 Å². The van der Waals surface area contributed by atoms with Crippen molar-refractivity contribution in [1.29, 1.82) is 0 Å². The highest BCUT2D eigenvalue weighted by molar-refractivity contribution is 9.10. The second kappa shape index (κ2) is 5.75. The SMILES string of the molecule is COc1ccc(NC(=O)c2ccccc2Br)cc1O. The first-order chi connectivity index (χ1) is 9.11. The number of anilines is 1. The van der Waals surface area contributed by atoms with Crippen molar-refractivity contribution in [2.45, 2.75) is 0 Å². The quantitative estimate of drug-likeness (QED) is 0.910. The van der Waals surface area contributed by atoms with Gasteiger partial charge < -0.3 is 15.2 Å². The Bertz CT molecular complexity index is 613. The van der Waals surface area contributed by atoms with Crippen molar-refractivity contribution in [3.63, 3.8) is 0 Å². The molecular weight excluding hydrogens is 310 g/mol. The van der Waals surface area contributed by atoms with E-state index in [-0.39, 0.29) is 11.7 Å². The summed E-state index contributed by atoms with van der Waals surface area (Å²) in [6.07, 6.45) is 0. The molecule has 2 rings (SSSR count). The number of phenolic OH excluding ortho intramolecular Hbond substituents is 1. The molecule has 0 spiro atoms. The molecule has 0 unspecified atom stereocenters. The molecule has 0 atom stereocenters. The predicted molar refractivity (Wildman–Crippen MR) is 76.8 cm³/mol. The average molecular weight is 322 g/mol. The minimum atomic E-state index is -0.253. The first-order valence-corrected chi connectivity index (χ1v) is 6.34. The molecule has 0 radical (unpaired) electrons. The molecule has 0 heterocycles. The molecule has 2 N–H and O–H groups in total. The van der Waals surface area contributed by atoms with Crippen LogP contribution in [-0.4, -0.2) is 18.1 Å². The lowest BCUT2D eigenvalue weighted by molar-refractivity contribution is 0.102. The van der Waals surface area contributed by atoms with Crippen molar-refractivity contribution in [3.05, 3.63) is 52.5 Å². The maximum Gasteiger partial charge on any atom is 0.256 e. The van der Waals surface area contributed by atoms with Gasteiger partial charge in [-0.05, 0) is 40.2 Å². The van der Waals surface area contributed by atoms with Gasteiger partial charge in [-0.25, -0.2) is 0 Å². The molecule has 19 heavy (non-hydrogen) atoms. The van der Waals surface area contributed by atoms with Crippen LogP contribution >= 0.6 is 15.9 Å². The van der Waals surface area contributed by atoms with E-state index >= 15 is 0 Å². The number of amides is 1. The van der Waals surface area contributed by atoms with E-state index in [2.05, 4.69) is 21.2 Å². The Labute approximate surface area is 119 Å². The lowest BCUT2D eigenvalue weighted by atomic mass is 10.2. The molecule has 0 aromatic heterocycles. The van der Waals surface area contributed by atoms with Crippen LogP contribution in [0.2, 0.25) is 0 Å². The lowest BCUT2D eigenvalue weighted by Gasteiger charge is -2.09. The zero-order chi connectivity index (χ0) is 13.8. The third-order valence-electron chi connectivity index (χ3n) is 2.56. The number of phenols is 1. The third-order valence-corrected chi connectivity index (χ3v) is 3.25. The number of nitrogens with one attached hydrogen (secondary N) is 1. The average Bonchev–Trinajstić information content (AvgIpc) is 2.39. The number of hydrogen-bond donors (Lipinski definition) is 2. The predicted octanol–water partition coefficient (Wildman–Crippen LogP) is 3.42. The fraction of sp³-hybridized carbons (Fsp3) is 0.0714. The molecule has 0 bridgehead atoms. The molecule has 0 fully saturated rings. The van der Waals surface area contributed by atoms with Gasteiger partial charge in [0.15, 0.2) is 11.5 Å². The number of carbonyl (C=O) groups is 1. The van der Waals surface area contributed by atoms with Crippen molar-refractivity contribution in [2.24, 2.45) is 0 Å². The van der Waals surface area contributed by atoms with Crippen LogP contribution in [0.5, 0.6) is 11.5 Å². The summed E-state index contributed by atoms with van der Waals surface area (Å²) in [6, 6.07) is 11.8. The number of benzene rings is 2. The molecule has 5 heteroatoms. The van der Waals surface area contributed by atoms with Crippen molar-refractivity contribution < 1.29 is 14.6 Å². The molecule has 0 aliphatic carbocycles. The Hall–Kier alpha value is -2.01. The summed E-state index contributed by atoms with van der Waals surface area (Å²) in [5, 5.41) is 12.4. The molecule has 2 aromatic carbocycles. The van der Waals surface area contributed by atoms with E-state index in [4.69, 9.17) is 4.74 Å². The molecule has 1 amide bonds. The van der Waals surface area contributed by atoms with Crippen molar-refractivity contribution in [1.82, 2.24) is 0 Å². The van der Waals surface area contributed by atoms with Gasteiger partial charge in [-0.15, -0.1) is 0 Å². The maximum atomic E-state index is 12.0. The zero-order valence-electron chi connectivity index (χ0n) is 10.2. The van der Waals surface area contributed by atoms with E-state index < -0.39 is 0 Å². The molecule has 4 nitrogen and oxygen atoms in total. The second-order valence-corrected chi connectivity index (χ2v) is 4.67. The van der Waals surface area contributed by atoms with Gasteiger partial charge >= 0.3 is 0 Å². The molecule has 2 aromatic rings. The molecule has 98 valence electrons. The van der Waals surface area contributed by atoms with Gasteiger partial charge in [-0.3, -0.25) is 4.79 Å². The highest BCUT2D eigenvalue weighted by atomic mass is 79.9. The highest BCUT2D eigenvalue weighted by Crippen LogP contribution is 2.29. The van der Waals surface area contributed by atoms with Crippen LogP contribution in [-0.2, 0) is 0 Å². The number of methoxy groups -OCH3 is 1. The first kappa shape index (κ1) is 13.4. The van der Waals surface area contributed by atoms with Gasteiger partial charge in [-0.1, -0.05) is 12.1 Å². The van der Waals surface area contributed by atoms with Crippen LogP contribution in [0.4, 0.5) is 5.69 Å². The van der Waals surface area contributed by atoms with Gasteiger partial charge in [0.05, 0.1) is 12.7 Å². The highest BCUT2D eigenvalue weighted by Gasteiger charge is 2.10. The first-order valence-electron chi connectivity index (χ1n) is 5.54. The van der Waals surface area contributed by atoms with E-state index in [1.807, 2.05) is 6.07 Å². The fourth-order valence-corrected chi connectivity index (χ4v) is 2.08. The Kier molecular flexibility index (Phi) is 4.06. The van der Waals surface area contributed by atoms with Gasteiger partial charge in [0, 0.05) is 16.2 Å². The van der Waals surface area contributed by atoms with Gasteiger partial charge in [0.2, 0.25) is 0 Å². The van der Waals surface area contributed by atoms with Crippen molar-refractivity contribution in [3.8, 4) is 11.5 Å². The largest absolute Gasteiger partial charge is 0.504 e. The molecule has 0 aliphatic heterocycles. The zero-order valence-corrected chi connectivity index (χ0v) is 11.8. The minimum Gasteiger partial charge on any atom is -0.504 e. The van der Waals surface area contributed by atoms with E-state index in [1.165, 1.54) is 13.2 Å². The molecule has 0 saturated carbocycles. The third kappa shape index (κ3) is 3.06. The maximum absolute atomic E-state index is 12.0. The Morgan fingerprint density at radius 3 is 2.63 bits per heavy atom. The number of rotatable bonds is 3. The number of aromatic hydroxyl groups is 1. The van der Waals surface area contributed by atoms with E-state index in [0.717, 1.165) is 0 Å². The van der Waals surface area contributed by atoms with Crippen molar-refractivity contribution >= 4 is 27.5 Å². The number of carbonyl (C=O) groups excluding carboxylic acids is 1. The van der Waals surface area contributed by atoms with Crippen LogP contribution in [0.1, 0.15) is 10.4 Å². The molecular formula is C14H12BrNO3. The standard InChI is InChI=1S/C14H12BrNO3/c1-19-13-7-6-9(8-12(13)17)16-14(18)10-4-2-3-5-11(10)15/h2-8,17H,1H3,(H,16,18). The van der Waals surface area contributed by atoms with Crippen LogP contribution in [0.15, 0.2) is 46.9 Å². The summed E-state index contributed by atoms with van der Waals surface area (Å²) in [6.45, 7) is 0. The van der Waals surface area contributed by atoms with Crippen LogP contribution < -0.4 is 10.1 Å². The Morgan fingerprint density at radius 1 is 1.26 bits per heavy atom. The van der Waals surface area contributed by atoms with Crippen LogP contribution in [0.3, 0.4) is 0 Å². The molecule has 0 aliphatic rings. The van der Waals surface area contributed by atoms with Crippen molar-refractivity contribution in [2.75, 3.05) is 12.4 Å². The van der Waals surface area contributed by atoms with E-state index in [9.17, 15) is 9.90 Å². The Morgan fingerprint density at radius 2 is 2.00 bits per heavy atom.